The van der Waals surface area contributed by atoms with Crippen molar-refractivity contribution < 1.29 is 18.3 Å². The van der Waals surface area contributed by atoms with Crippen molar-refractivity contribution in [1.29, 1.82) is 0 Å². The fourth-order valence-electron chi connectivity index (χ4n) is 1.61. The van der Waals surface area contributed by atoms with Gasteiger partial charge in [-0.1, -0.05) is 6.07 Å². The van der Waals surface area contributed by atoms with Crippen molar-refractivity contribution >= 4 is 23.4 Å². The van der Waals surface area contributed by atoms with Gasteiger partial charge in [-0.3, -0.25) is 4.79 Å². The van der Waals surface area contributed by atoms with Gasteiger partial charge in [-0.15, -0.1) is 11.8 Å². The normalized spacial score (nSPS) is 10.2. The minimum Gasteiger partial charge on any atom is -0.497 e. The van der Waals surface area contributed by atoms with E-state index in [0.717, 1.165) is 16.7 Å². The predicted molar refractivity (Wildman–Crippen MR) is 78.7 cm³/mol. The molecular weight excluding hydrogens is 296 g/mol. The van der Waals surface area contributed by atoms with Crippen molar-refractivity contribution in [3.05, 3.63) is 54.1 Å². The third kappa shape index (κ3) is 4.19. The lowest BCUT2D eigenvalue weighted by molar-refractivity contribution is -0.113. The molecule has 0 saturated carbocycles. The maximum absolute atomic E-state index is 13.4. The highest BCUT2D eigenvalue weighted by molar-refractivity contribution is 8.00. The maximum atomic E-state index is 13.4. The molecule has 0 radical (unpaired) electrons. The molecule has 0 aliphatic heterocycles. The highest BCUT2D eigenvalue weighted by atomic mass is 32.2. The van der Waals surface area contributed by atoms with Crippen LogP contribution in [0, 0.1) is 11.6 Å². The first-order valence-electron chi connectivity index (χ1n) is 6.11. The highest BCUT2D eigenvalue weighted by Crippen LogP contribution is 2.22. The Labute approximate surface area is 125 Å². The average molecular weight is 309 g/mol. The molecule has 0 spiro atoms. The van der Waals surface area contributed by atoms with Crippen LogP contribution in [0.5, 0.6) is 5.75 Å². The lowest BCUT2D eigenvalue weighted by Gasteiger charge is -2.07. The number of benzene rings is 2. The van der Waals surface area contributed by atoms with Crippen LogP contribution in [-0.4, -0.2) is 18.8 Å². The van der Waals surface area contributed by atoms with E-state index >= 15 is 0 Å². The molecule has 0 aliphatic carbocycles. The summed E-state index contributed by atoms with van der Waals surface area (Å²) in [5.74, 6) is -1.62. The largest absolute Gasteiger partial charge is 0.497 e. The molecule has 3 nitrogen and oxygen atoms in total. The Bertz CT molecular complexity index is 632. The zero-order valence-corrected chi connectivity index (χ0v) is 12.0. The molecule has 0 unspecified atom stereocenters. The van der Waals surface area contributed by atoms with E-state index < -0.39 is 17.5 Å². The van der Waals surface area contributed by atoms with Crippen molar-refractivity contribution in [2.24, 2.45) is 0 Å². The Morgan fingerprint density at radius 3 is 2.57 bits per heavy atom. The Balaban J connectivity index is 1.91. The van der Waals surface area contributed by atoms with Crippen LogP contribution >= 0.6 is 11.8 Å². The summed E-state index contributed by atoms with van der Waals surface area (Å²) in [7, 11) is 1.57. The van der Waals surface area contributed by atoms with Gasteiger partial charge in [0, 0.05) is 4.90 Å². The van der Waals surface area contributed by atoms with Gasteiger partial charge in [0.05, 0.1) is 18.6 Å². The third-order valence-electron chi connectivity index (χ3n) is 2.66. The number of methoxy groups -OCH3 is 1. The maximum Gasteiger partial charge on any atom is 0.234 e. The van der Waals surface area contributed by atoms with Crippen molar-refractivity contribution in [2.45, 2.75) is 4.90 Å². The van der Waals surface area contributed by atoms with Crippen LogP contribution in [0.25, 0.3) is 0 Å². The van der Waals surface area contributed by atoms with Gasteiger partial charge in [0.25, 0.3) is 0 Å². The number of anilines is 1. The lowest BCUT2D eigenvalue weighted by atomic mass is 10.3. The summed E-state index contributed by atoms with van der Waals surface area (Å²) >= 11 is 1.29. The van der Waals surface area contributed by atoms with E-state index in [-0.39, 0.29) is 11.4 Å². The first kappa shape index (κ1) is 15.3. The van der Waals surface area contributed by atoms with Gasteiger partial charge in [0.15, 0.2) is 11.6 Å². The fourth-order valence-corrected chi connectivity index (χ4v) is 2.31. The summed E-state index contributed by atoms with van der Waals surface area (Å²) < 4.78 is 31.4. The topological polar surface area (TPSA) is 38.3 Å². The Morgan fingerprint density at radius 2 is 1.90 bits per heavy atom. The minimum absolute atomic E-state index is 0.0995. The number of amides is 1. The molecule has 0 bridgehead atoms. The summed E-state index contributed by atoms with van der Waals surface area (Å²) in [6, 6.07) is 10.9. The monoisotopic (exact) mass is 309 g/mol. The van der Waals surface area contributed by atoms with E-state index in [2.05, 4.69) is 5.32 Å². The van der Waals surface area contributed by atoms with E-state index in [1.807, 2.05) is 12.1 Å². The van der Waals surface area contributed by atoms with Gasteiger partial charge in [0.2, 0.25) is 5.91 Å². The fraction of sp³-hybridized carbons (Fsp3) is 0.133. The van der Waals surface area contributed by atoms with Gasteiger partial charge >= 0.3 is 0 Å². The first-order valence-corrected chi connectivity index (χ1v) is 7.09. The van der Waals surface area contributed by atoms with Crippen LogP contribution in [0.3, 0.4) is 0 Å². The molecule has 0 aromatic heterocycles. The number of thioether (sulfide) groups is 1. The molecule has 21 heavy (non-hydrogen) atoms. The number of carbonyl (C=O) groups is 1. The van der Waals surface area contributed by atoms with E-state index in [1.165, 1.54) is 23.9 Å². The Morgan fingerprint density at radius 1 is 1.19 bits per heavy atom. The number of hydrogen-bond donors (Lipinski definition) is 1. The van der Waals surface area contributed by atoms with Crippen LogP contribution in [0.1, 0.15) is 0 Å². The second-order valence-corrected chi connectivity index (χ2v) is 5.16. The number of halogens is 2. The van der Waals surface area contributed by atoms with E-state index in [4.69, 9.17) is 4.74 Å². The molecule has 0 fully saturated rings. The van der Waals surface area contributed by atoms with E-state index in [0.29, 0.717) is 0 Å². The number of nitrogens with one attached hydrogen (secondary N) is 1. The molecule has 1 amide bonds. The molecule has 0 heterocycles. The van der Waals surface area contributed by atoms with Crippen molar-refractivity contribution in [1.82, 2.24) is 0 Å². The molecule has 0 saturated heterocycles. The van der Waals surface area contributed by atoms with Gasteiger partial charge < -0.3 is 10.1 Å². The van der Waals surface area contributed by atoms with Crippen molar-refractivity contribution in [3.63, 3.8) is 0 Å². The standard InChI is InChI=1S/C15H13F2NO2S/c1-20-10-5-7-11(8-6-10)21-9-14(19)18-13-4-2-3-12(16)15(13)17/h2-8H,9H2,1H3,(H,18,19). The van der Waals surface area contributed by atoms with Crippen molar-refractivity contribution in [2.75, 3.05) is 18.2 Å². The SMILES string of the molecule is COc1ccc(SCC(=O)Nc2cccc(F)c2F)cc1. The third-order valence-corrected chi connectivity index (χ3v) is 3.67. The van der Waals surface area contributed by atoms with Gasteiger partial charge in [-0.05, 0) is 36.4 Å². The zero-order valence-electron chi connectivity index (χ0n) is 11.2. The summed E-state index contributed by atoms with van der Waals surface area (Å²) in [5.41, 5.74) is -0.157. The van der Waals surface area contributed by atoms with Crippen LogP contribution in [0.15, 0.2) is 47.4 Å². The quantitative estimate of drug-likeness (QED) is 0.856. The number of carbonyl (C=O) groups excluding carboxylic acids is 1. The lowest BCUT2D eigenvalue weighted by Crippen LogP contribution is -2.15. The number of hydrogen-bond acceptors (Lipinski definition) is 3. The van der Waals surface area contributed by atoms with E-state index in [9.17, 15) is 13.6 Å². The summed E-state index contributed by atoms with van der Waals surface area (Å²) in [6.07, 6.45) is 0. The molecule has 0 atom stereocenters. The molecule has 0 aliphatic rings. The minimum atomic E-state index is -1.06. The van der Waals surface area contributed by atoms with Gasteiger partial charge in [0.1, 0.15) is 5.75 Å². The van der Waals surface area contributed by atoms with Crippen molar-refractivity contribution in [3.8, 4) is 5.75 Å². The molecule has 2 aromatic carbocycles. The van der Waals surface area contributed by atoms with Crippen LogP contribution in [0.2, 0.25) is 0 Å². The molecule has 6 heteroatoms. The zero-order chi connectivity index (χ0) is 15.2. The molecule has 2 aromatic rings. The summed E-state index contributed by atoms with van der Waals surface area (Å²) in [4.78, 5) is 12.6. The molecule has 1 N–H and O–H groups in total. The second kappa shape index (κ2) is 7.08. The van der Waals surface area contributed by atoms with Crippen LogP contribution in [-0.2, 0) is 4.79 Å². The van der Waals surface area contributed by atoms with Gasteiger partial charge in [-0.25, -0.2) is 8.78 Å². The molecule has 110 valence electrons. The smallest absolute Gasteiger partial charge is 0.234 e. The average Bonchev–Trinajstić information content (AvgIpc) is 2.50. The van der Waals surface area contributed by atoms with E-state index in [1.54, 1.807) is 19.2 Å². The Kier molecular flexibility index (Phi) is 5.16. The molecule has 2 rings (SSSR count). The summed E-state index contributed by atoms with van der Waals surface area (Å²) in [6.45, 7) is 0. The summed E-state index contributed by atoms with van der Waals surface area (Å²) in [5, 5.41) is 2.34. The van der Waals surface area contributed by atoms with Gasteiger partial charge in [-0.2, -0.15) is 0 Å². The van der Waals surface area contributed by atoms with Crippen LogP contribution in [0.4, 0.5) is 14.5 Å². The number of rotatable bonds is 5. The second-order valence-electron chi connectivity index (χ2n) is 4.11. The Hall–Kier alpha value is -2.08. The number of ether oxygens (including phenoxy) is 1. The predicted octanol–water partition coefficient (Wildman–Crippen LogP) is 3.70. The first-order chi connectivity index (χ1) is 10.1. The highest BCUT2D eigenvalue weighted by Gasteiger charge is 2.10. The van der Waals surface area contributed by atoms with Crippen LogP contribution < -0.4 is 10.1 Å². The molecular formula is C15H13F2NO2S.